The second-order valence-electron chi connectivity index (χ2n) is 9.93. The highest BCUT2D eigenvalue weighted by Crippen LogP contribution is 2.36. The molecule has 2 aromatic rings. The van der Waals surface area contributed by atoms with E-state index in [-0.39, 0.29) is 30.6 Å². The molecule has 1 aliphatic heterocycles. The third-order valence-electron chi connectivity index (χ3n) is 6.08. The number of likely N-dealkylation sites (N-methyl/N-ethyl adjacent to an activating group) is 1. The van der Waals surface area contributed by atoms with Gasteiger partial charge in [0.25, 0.3) is 0 Å². The van der Waals surface area contributed by atoms with Gasteiger partial charge in [-0.3, -0.25) is 14.4 Å². The minimum absolute atomic E-state index is 0.0380. The number of primary amides is 1. The minimum Gasteiger partial charge on any atom is -0.475 e. The van der Waals surface area contributed by atoms with Gasteiger partial charge in [0.15, 0.2) is 0 Å². The minimum atomic E-state index is -5.08. The van der Waals surface area contributed by atoms with E-state index in [1.165, 1.54) is 11.3 Å². The van der Waals surface area contributed by atoms with Crippen LogP contribution in [0.25, 0.3) is 0 Å². The highest BCUT2D eigenvalue weighted by atomic mass is 35.5. The van der Waals surface area contributed by atoms with Gasteiger partial charge in [-0.15, -0.1) is 11.3 Å². The van der Waals surface area contributed by atoms with Gasteiger partial charge in [0.05, 0.1) is 37.0 Å². The number of thiophene rings is 1. The molecule has 13 heteroatoms. The highest BCUT2D eigenvalue weighted by molar-refractivity contribution is 7.12. The van der Waals surface area contributed by atoms with Crippen molar-refractivity contribution in [2.24, 2.45) is 5.73 Å². The fourth-order valence-electron chi connectivity index (χ4n) is 4.21. The van der Waals surface area contributed by atoms with Crippen LogP contribution in [0.3, 0.4) is 0 Å². The maximum absolute atomic E-state index is 12.7. The third kappa shape index (κ3) is 9.94. The molecule has 1 aromatic carbocycles. The zero-order valence-electron chi connectivity index (χ0n) is 21.9. The van der Waals surface area contributed by atoms with E-state index in [2.05, 4.69) is 12.4 Å². The number of quaternary nitrogens is 1. The van der Waals surface area contributed by atoms with Crippen molar-refractivity contribution in [3.63, 3.8) is 0 Å². The van der Waals surface area contributed by atoms with E-state index in [0.29, 0.717) is 17.0 Å². The second-order valence-corrected chi connectivity index (χ2v) is 11.6. The number of carboxylic acid groups (broad SMARTS) is 1. The Morgan fingerprint density at radius 3 is 2.26 bits per heavy atom. The molecule has 0 spiro atoms. The largest absolute Gasteiger partial charge is 0.490 e. The smallest absolute Gasteiger partial charge is 0.475 e. The summed E-state index contributed by atoms with van der Waals surface area (Å²) >= 11 is 7.44. The first-order valence-corrected chi connectivity index (χ1v) is 13.3. The lowest BCUT2D eigenvalue weighted by Crippen LogP contribution is -2.49. The molecule has 2 amide bonds. The van der Waals surface area contributed by atoms with Crippen molar-refractivity contribution in [1.29, 1.82) is 0 Å². The first-order valence-electron chi connectivity index (χ1n) is 12.1. The van der Waals surface area contributed by atoms with Crippen molar-refractivity contribution in [1.82, 2.24) is 5.32 Å². The fraction of sp³-hybridized carbons (Fsp3) is 0.462. The van der Waals surface area contributed by atoms with Crippen LogP contribution in [-0.4, -0.2) is 65.5 Å². The zero-order valence-corrected chi connectivity index (χ0v) is 23.4. The van der Waals surface area contributed by atoms with Crippen molar-refractivity contribution in [3.8, 4) is 0 Å². The number of benzene rings is 1. The number of nitrogens with zero attached hydrogens (tertiary/aromatic N) is 1. The van der Waals surface area contributed by atoms with E-state index in [1.54, 1.807) is 12.1 Å². The number of nitrogens with one attached hydrogen (secondary N) is 1. The normalized spacial score (nSPS) is 16.6. The molecule has 39 heavy (non-hydrogen) atoms. The second kappa shape index (κ2) is 13.4. The lowest BCUT2D eigenvalue weighted by Gasteiger charge is -2.37. The number of nitrogens with two attached hydrogens (primary N) is 1. The van der Waals surface area contributed by atoms with Gasteiger partial charge in [0.1, 0.15) is 12.3 Å². The lowest BCUT2D eigenvalue weighted by molar-refractivity contribution is -0.923. The summed E-state index contributed by atoms with van der Waals surface area (Å²) in [4.78, 5) is 47.8. The number of ketones is 1. The van der Waals surface area contributed by atoms with Crippen LogP contribution in [0.2, 0.25) is 5.02 Å². The Morgan fingerprint density at radius 2 is 1.74 bits per heavy atom. The van der Waals surface area contributed by atoms with Gasteiger partial charge in [-0.05, 0) is 37.1 Å². The molecule has 8 nitrogen and oxygen atoms in total. The molecule has 0 saturated carbocycles. The molecule has 1 atom stereocenters. The van der Waals surface area contributed by atoms with Gasteiger partial charge >= 0.3 is 12.1 Å². The zero-order chi connectivity index (χ0) is 29.5. The Hall–Kier alpha value is -2.96. The number of alkyl halides is 3. The summed E-state index contributed by atoms with van der Waals surface area (Å²) in [6.07, 6.45) is -3.42. The quantitative estimate of drug-likeness (QED) is 0.382. The van der Waals surface area contributed by atoms with Gasteiger partial charge in [0, 0.05) is 35.2 Å². The van der Waals surface area contributed by atoms with E-state index in [0.717, 1.165) is 51.4 Å². The molecular weight excluding hydrogens is 559 g/mol. The molecule has 4 N–H and O–H groups in total. The van der Waals surface area contributed by atoms with E-state index >= 15 is 0 Å². The predicted octanol–water partition coefficient (Wildman–Crippen LogP) is 3.91. The first-order chi connectivity index (χ1) is 18.0. The number of Topliss-reactive ketones (excluding diaryl/α,β-unsaturated/α-hetero) is 1. The Balaban J connectivity index is 0.000000673. The predicted molar refractivity (Wildman–Crippen MR) is 142 cm³/mol. The number of hydrogen-bond acceptors (Lipinski definition) is 5. The Morgan fingerprint density at radius 1 is 1.15 bits per heavy atom. The number of halogens is 4. The average molecular weight is 591 g/mol. The summed E-state index contributed by atoms with van der Waals surface area (Å²) in [5.41, 5.74) is 8.13. The summed E-state index contributed by atoms with van der Waals surface area (Å²) in [6.45, 7) is 6.20. The van der Waals surface area contributed by atoms with Crippen LogP contribution in [0.5, 0.6) is 0 Å². The third-order valence-corrected chi connectivity index (χ3v) is 7.55. The SMILES string of the molecule is CC(C)NC(=O)CC[N+]1(C)CCc2c(sc(CC(=O)Cc3ccc(Cl)cc3)c2C(N)=O)C1.O=C(O)C(F)(F)F. The van der Waals surface area contributed by atoms with Gasteiger partial charge in [-0.1, -0.05) is 23.7 Å². The summed E-state index contributed by atoms with van der Waals surface area (Å²) in [5, 5.41) is 10.7. The number of carbonyl (C=O) groups excluding carboxylic acids is 3. The summed E-state index contributed by atoms with van der Waals surface area (Å²) in [7, 11) is 2.14. The molecule has 0 saturated heterocycles. The van der Waals surface area contributed by atoms with Gasteiger partial charge in [-0.25, -0.2) is 4.79 Å². The van der Waals surface area contributed by atoms with E-state index < -0.39 is 18.1 Å². The lowest BCUT2D eigenvalue weighted by atomic mass is 9.97. The Bertz CT molecular complexity index is 1210. The summed E-state index contributed by atoms with van der Waals surface area (Å²) in [5.74, 6) is -3.13. The molecule has 1 aliphatic rings. The van der Waals surface area contributed by atoms with Crippen LogP contribution in [0.4, 0.5) is 13.2 Å². The molecule has 0 aliphatic carbocycles. The molecule has 2 heterocycles. The number of carbonyl (C=O) groups is 4. The van der Waals surface area contributed by atoms with Crippen molar-refractivity contribution in [2.45, 2.75) is 58.3 Å². The van der Waals surface area contributed by atoms with Crippen LogP contribution in [0.15, 0.2) is 24.3 Å². The number of fused-ring (bicyclic) bond motifs is 1. The molecule has 0 bridgehead atoms. The molecule has 1 aromatic heterocycles. The van der Waals surface area contributed by atoms with Gasteiger partial charge < -0.3 is 20.6 Å². The van der Waals surface area contributed by atoms with Crippen molar-refractivity contribution >= 4 is 46.5 Å². The van der Waals surface area contributed by atoms with E-state index in [1.807, 2.05) is 26.0 Å². The average Bonchev–Trinajstić information content (AvgIpc) is 3.15. The number of rotatable bonds is 9. The number of aliphatic carboxylic acids is 1. The molecule has 0 fully saturated rings. The van der Waals surface area contributed by atoms with Crippen molar-refractivity contribution < 1.29 is 41.9 Å². The van der Waals surface area contributed by atoms with Crippen molar-refractivity contribution in [3.05, 3.63) is 55.7 Å². The standard InChI is InChI=1S/C24H30ClN3O3S.C2HF3O2/c1-15(2)27-22(30)9-11-28(3)10-8-19-21(14-28)32-20(23(19)24(26)31)13-18(29)12-16-4-6-17(25)7-5-16;3-2(4,5)1(6)7/h4-7,15H,8-14H2,1-3H3,(H2-,26,27,30,31);(H,6,7)/p+1. The van der Waals surface area contributed by atoms with E-state index in [9.17, 15) is 27.6 Å². The summed E-state index contributed by atoms with van der Waals surface area (Å²) < 4.78 is 32.5. The number of carboxylic acids is 1. The van der Waals surface area contributed by atoms with Crippen LogP contribution < -0.4 is 11.1 Å². The number of hydrogen-bond donors (Lipinski definition) is 3. The number of amides is 2. The summed E-state index contributed by atoms with van der Waals surface area (Å²) in [6, 6.07) is 7.34. The van der Waals surface area contributed by atoms with Gasteiger partial charge in [0.2, 0.25) is 11.8 Å². The van der Waals surface area contributed by atoms with E-state index in [4.69, 9.17) is 27.2 Å². The topological polar surface area (TPSA) is 127 Å². The highest BCUT2D eigenvalue weighted by Gasteiger charge is 2.38. The maximum Gasteiger partial charge on any atom is 0.490 e. The Kier molecular flexibility index (Phi) is 11.1. The van der Waals surface area contributed by atoms with Gasteiger partial charge in [-0.2, -0.15) is 13.2 Å². The first kappa shape index (κ1) is 32.3. The fourth-order valence-corrected chi connectivity index (χ4v) is 5.89. The monoisotopic (exact) mass is 590 g/mol. The molecule has 214 valence electrons. The van der Waals surface area contributed by atoms with Crippen LogP contribution in [0, 0.1) is 0 Å². The van der Waals surface area contributed by atoms with Crippen molar-refractivity contribution in [2.75, 3.05) is 20.1 Å². The molecule has 0 radical (unpaired) electrons. The van der Waals surface area contributed by atoms with Crippen LogP contribution in [-0.2, 0) is 40.2 Å². The maximum atomic E-state index is 12.7. The van der Waals surface area contributed by atoms with Crippen LogP contribution in [0.1, 0.15) is 51.5 Å². The van der Waals surface area contributed by atoms with Crippen LogP contribution >= 0.6 is 22.9 Å². The molecule has 3 rings (SSSR count). The Labute approximate surface area is 233 Å². The molecule has 1 unspecified atom stereocenters. The molecular formula is C26H32ClF3N3O5S+.